The Balaban J connectivity index is 2.25. The molecule has 0 saturated heterocycles. The Morgan fingerprint density at radius 3 is 2.69 bits per heavy atom. The van der Waals surface area contributed by atoms with Crippen LogP contribution in [-0.2, 0) is 0 Å². The van der Waals surface area contributed by atoms with Crippen LogP contribution in [0, 0.1) is 5.89 Å². The number of benzene rings is 1. The van der Waals surface area contributed by atoms with Crippen molar-refractivity contribution >= 4 is 5.57 Å². The number of rotatable bonds is 1. The molecule has 0 fully saturated rings. The van der Waals surface area contributed by atoms with Gasteiger partial charge in [-0.05, 0) is 23.5 Å². The van der Waals surface area contributed by atoms with Gasteiger partial charge in [-0.3, -0.25) is 0 Å². The van der Waals surface area contributed by atoms with E-state index in [9.17, 15) is 0 Å². The molecule has 0 heterocycles. The summed E-state index contributed by atoms with van der Waals surface area (Å²) in [5, 5.41) is 0. The lowest BCUT2D eigenvalue weighted by atomic mass is 9.94. The van der Waals surface area contributed by atoms with E-state index in [4.69, 9.17) is 1.37 Å². The summed E-state index contributed by atoms with van der Waals surface area (Å²) in [4.78, 5) is 0. The van der Waals surface area contributed by atoms with Gasteiger partial charge in [0.15, 0.2) is 0 Å². The minimum atomic E-state index is -0.418. The van der Waals surface area contributed by atoms with E-state index in [2.05, 4.69) is 18.2 Å². The van der Waals surface area contributed by atoms with Crippen LogP contribution in [0.1, 0.15) is 20.3 Å². The molecule has 13 heavy (non-hydrogen) atoms. The van der Waals surface area contributed by atoms with Crippen molar-refractivity contribution in [1.29, 1.82) is 0 Å². The second-order valence-corrected chi connectivity index (χ2v) is 3.41. The Hall–Kier alpha value is -1.30. The summed E-state index contributed by atoms with van der Waals surface area (Å²) in [6.45, 7) is 1.93. The molecule has 0 aliphatic heterocycles. The number of hydrogen-bond acceptors (Lipinski definition) is 0. The second kappa shape index (κ2) is 3.61. The zero-order chi connectivity index (χ0) is 10.0. The SMILES string of the molecule is [2H]C1(C)C=CC(c2ccccc2)=CC1. The zero-order valence-electron chi connectivity index (χ0n) is 8.83. The maximum atomic E-state index is 7.85. The molecule has 0 saturated carbocycles. The molecule has 66 valence electrons. The molecular formula is C13H14. The Labute approximate surface area is 81.0 Å². The van der Waals surface area contributed by atoms with Gasteiger partial charge >= 0.3 is 0 Å². The standard InChI is InChI=1S/C13H14/c1-11-7-9-13(10-8-11)12-5-3-2-4-6-12/h2-7,9-11H,8H2,1H3/i11D. The lowest BCUT2D eigenvalue weighted by Crippen LogP contribution is -1.93. The van der Waals surface area contributed by atoms with Crippen molar-refractivity contribution in [2.45, 2.75) is 13.3 Å². The Morgan fingerprint density at radius 1 is 1.31 bits per heavy atom. The fraction of sp³-hybridized carbons (Fsp3) is 0.231. The van der Waals surface area contributed by atoms with E-state index in [1.807, 2.05) is 37.3 Å². The third kappa shape index (κ3) is 1.89. The minimum Gasteiger partial charge on any atom is -0.0808 e. The minimum absolute atomic E-state index is 0.418. The van der Waals surface area contributed by atoms with Crippen LogP contribution in [0.3, 0.4) is 0 Å². The summed E-state index contributed by atoms with van der Waals surface area (Å²) in [6, 6.07) is 10.3. The first-order valence-corrected chi connectivity index (χ1v) is 4.62. The summed E-state index contributed by atoms with van der Waals surface area (Å²) in [5.41, 5.74) is 2.47. The van der Waals surface area contributed by atoms with Gasteiger partial charge in [-0.15, -0.1) is 0 Å². The second-order valence-electron chi connectivity index (χ2n) is 3.41. The molecule has 0 amide bonds. The van der Waals surface area contributed by atoms with Crippen LogP contribution in [-0.4, -0.2) is 0 Å². The quantitative estimate of drug-likeness (QED) is 0.605. The largest absolute Gasteiger partial charge is 0.0808 e. The Bertz CT molecular complexity index is 371. The van der Waals surface area contributed by atoms with Crippen LogP contribution < -0.4 is 0 Å². The summed E-state index contributed by atoms with van der Waals surface area (Å²) < 4.78 is 7.85. The van der Waals surface area contributed by atoms with E-state index in [0.717, 1.165) is 6.42 Å². The maximum Gasteiger partial charge on any atom is 0.0346 e. The number of hydrogen-bond donors (Lipinski definition) is 0. The fourth-order valence-electron chi connectivity index (χ4n) is 1.48. The molecular weight excluding hydrogens is 156 g/mol. The molecule has 0 bridgehead atoms. The van der Waals surface area contributed by atoms with Gasteiger partial charge in [0.1, 0.15) is 0 Å². The molecule has 0 spiro atoms. The third-order valence-electron chi connectivity index (χ3n) is 2.30. The molecule has 0 heteroatoms. The lowest BCUT2D eigenvalue weighted by Gasteiger charge is -2.11. The van der Waals surface area contributed by atoms with E-state index in [1.165, 1.54) is 11.1 Å². The summed E-state index contributed by atoms with van der Waals surface area (Å²) in [5.74, 6) is -0.418. The van der Waals surface area contributed by atoms with Gasteiger partial charge in [0.25, 0.3) is 0 Å². The molecule has 1 unspecified atom stereocenters. The first kappa shape index (κ1) is 7.14. The van der Waals surface area contributed by atoms with E-state index >= 15 is 0 Å². The monoisotopic (exact) mass is 171 g/mol. The van der Waals surface area contributed by atoms with Crippen LogP contribution >= 0.6 is 0 Å². The van der Waals surface area contributed by atoms with Crippen LogP contribution in [0.2, 0.25) is 0 Å². The predicted molar refractivity (Wildman–Crippen MR) is 57.3 cm³/mol. The Morgan fingerprint density at radius 2 is 2.08 bits per heavy atom. The molecule has 0 radical (unpaired) electrons. The van der Waals surface area contributed by atoms with Crippen LogP contribution in [0.25, 0.3) is 5.57 Å². The van der Waals surface area contributed by atoms with E-state index in [0.29, 0.717) is 0 Å². The van der Waals surface area contributed by atoms with Crippen molar-refractivity contribution in [3.05, 3.63) is 54.1 Å². The average Bonchev–Trinajstić information content (AvgIpc) is 2.19. The molecule has 2 rings (SSSR count). The Kier molecular flexibility index (Phi) is 1.98. The first-order valence-electron chi connectivity index (χ1n) is 5.12. The number of allylic oxidation sites excluding steroid dienone is 4. The molecule has 0 nitrogen and oxygen atoms in total. The highest BCUT2D eigenvalue weighted by atomic mass is 14.1. The predicted octanol–water partition coefficient (Wildman–Crippen LogP) is 3.67. The van der Waals surface area contributed by atoms with Crippen molar-refractivity contribution in [1.82, 2.24) is 0 Å². The van der Waals surface area contributed by atoms with E-state index in [-0.39, 0.29) is 0 Å². The van der Waals surface area contributed by atoms with Gasteiger partial charge in [-0.25, -0.2) is 0 Å². The van der Waals surface area contributed by atoms with Crippen LogP contribution in [0.4, 0.5) is 0 Å². The van der Waals surface area contributed by atoms with Gasteiger partial charge in [-0.1, -0.05) is 55.5 Å². The molecule has 0 aromatic heterocycles. The topological polar surface area (TPSA) is 0 Å². The van der Waals surface area contributed by atoms with Crippen molar-refractivity contribution in [3.63, 3.8) is 0 Å². The van der Waals surface area contributed by atoms with Crippen LogP contribution in [0.5, 0.6) is 0 Å². The van der Waals surface area contributed by atoms with Crippen molar-refractivity contribution < 1.29 is 1.37 Å². The summed E-state index contributed by atoms with van der Waals surface area (Å²) in [6.07, 6.45) is 6.96. The van der Waals surface area contributed by atoms with E-state index < -0.39 is 5.89 Å². The van der Waals surface area contributed by atoms with Crippen molar-refractivity contribution in [3.8, 4) is 0 Å². The zero-order valence-corrected chi connectivity index (χ0v) is 7.83. The van der Waals surface area contributed by atoms with Gasteiger partial charge in [-0.2, -0.15) is 0 Å². The molecule has 1 aliphatic carbocycles. The van der Waals surface area contributed by atoms with Crippen molar-refractivity contribution in [2.75, 3.05) is 0 Å². The highest BCUT2D eigenvalue weighted by Crippen LogP contribution is 2.23. The third-order valence-corrected chi connectivity index (χ3v) is 2.30. The molecule has 1 aromatic rings. The normalized spacial score (nSPS) is 28.1. The summed E-state index contributed by atoms with van der Waals surface area (Å²) in [7, 11) is 0. The maximum absolute atomic E-state index is 7.85. The average molecular weight is 171 g/mol. The molecule has 1 aromatic carbocycles. The van der Waals surface area contributed by atoms with Crippen molar-refractivity contribution in [2.24, 2.45) is 5.89 Å². The molecule has 1 atom stereocenters. The highest BCUT2D eigenvalue weighted by Gasteiger charge is 2.04. The highest BCUT2D eigenvalue weighted by molar-refractivity contribution is 5.74. The van der Waals surface area contributed by atoms with E-state index in [1.54, 1.807) is 0 Å². The van der Waals surface area contributed by atoms with Gasteiger partial charge in [0.2, 0.25) is 0 Å². The van der Waals surface area contributed by atoms with Gasteiger partial charge in [0, 0.05) is 1.37 Å². The molecule has 1 aliphatic rings. The fourth-order valence-corrected chi connectivity index (χ4v) is 1.48. The smallest absolute Gasteiger partial charge is 0.0346 e. The first-order chi connectivity index (χ1) is 6.67. The van der Waals surface area contributed by atoms with Gasteiger partial charge in [0.05, 0.1) is 0 Å². The molecule has 0 N–H and O–H groups in total. The van der Waals surface area contributed by atoms with Gasteiger partial charge < -0.3 is 0 Å². The lowest BCUT2D eigenvalue weighted by molar-refractivity contribution is 0.739. The van der Waals surface area contributed by atoms with Crippen LogP contribution in [0.15, 0.2) is 48.6 Å². The summed E-state index contributed by atoms with van der Waals surface area (Å²) >= 11 is 0.